The first-order valence-corrected chi connectivity index (χ1v) is 8.76. The van der Waals surface area contributed by atoms with Crippen molar-refractivity contribution in [3.63, 3.8) is 0 Å². The van der Waals surface area contributed by atoms with Crippen LogP contribution in [0.3, 0.4) is 0 Å². The molecule has 0 saturated heterocycles. The third kappa shape index (κ3) is 6.53. The van der Waals surface area contributed by atoms with Crippen LogP contribution in [-0.2, 0) is 11.2 Å². The number of nitrogens with zero attached hydrogens (tertiary/aromatic N) is 2. The van der Waals surface area contributed by atoms with Crippen LogP contribution in [0, 0.1) is 5.41 Å². The van der Waals surface area contributed by atoms with Crippen molar-refractivity contribution >= 4 is 12.0 Å². The molecule has 0 saturated carbocycles. The summed E-state index contributed by atoms with van der Waals surface area (Å²) in [5, 5.41) is 6.86. The van der Waals surface area contributed by atoms with Crippen molar-refractivity contribution < 1.29 is 9.32 Å². The van der Waals surface area contributed by atoms with E-state index in [1.165, 1.54) is 0 Å². The monoisotopic (exact) mass is 341 g/mol. The number of aromatic nitrogens is 2. The van der Waals surface area contributed by atoms with Gasteiger partial charge < -0.3 is 9.84 Å². The van der Waals surface area contributed by atoms with Crippen LogP contribution in [0.5, 0.6) is 0 Å². The Morgan fingerprint density at radius 1 is 1.24 bits per heavy atom. The lowest BCUT2D eigenvalue weighted by molar-refractivity contribution is -0.116. The molecule has 0 unspecified atom stereocenters. The average Bonchev–Trinajstić information content (AvgIpc) is 3.01. The minimum Gasteiger partial charge on any atom is -0.353 e. The molecule has 0 bridgehead atoms. The number of hydrogen-bond donors (Lipinski definition) is 1. The fraction of sp³-hybridized carbons (Fsp3) is 0.450. The van der Waals surface area contributed by atoms with Crippen LogP contribution in [0.15, 0.2) is 34.9 Å². The van der Waals surface area contributed by atoms with E-state index >= 15 is 0 Å². The molecule has 5 nitrogen and oxygen atoms in total. The van der Waals surface area contributed by atoms with E-state index in [2.05, 4.69) is 43.2 Å². The Bertz CT molecular complexity index is 709. The van der Waals surface area contributed by atoms with Gasteiger partial charge >= 0.3 is 0 Å². The van der Waals surface area contributed by atoms with Crippen molar-refractivity contribution in [2.24, 2.45) is 5.41 Å². The van der Waals surface area contributed by atoms with Crippen molar-refractivity contribution in [1.29, 1.82) is 0 Å². The summed E-state index contributed by atoms with van der Waals surface area (Å²) in [7, 11) is 0. The van der Waals surface area contributed by atoms with Crippen molar-refractivity contribution in [2.45, 2.75) is 47.0 Å². The Kier molecular flexibility index (Phi) is 6.51. The number of nitrogens with one attached hydrogen (secondary N) is 1. The molecule has 134 valence electrons. The second-order valence-electron chi connectivity index (χ2n) is 7.32. The van der Waals surface area contributed by atoms with Crippen LogP contribution >= 0.6 is 0 Å². The largest absolute Gasteiger partial charge is 0.353 e. The summed E-state index contributed by atoms with van der Waals surface area (Å²) in [5.41, 5.74) is 2.04. The average molecular weight is 341 g/mol. The predicted molar refractivity (Wildman–Crippen MR) is 99.8 cm³/mol. The van der Waals surface area contributed by atoms with E-state index in [-0.39, 0.29) is 11.3 Å². The molecule has 1 aromatic heterocycles. The summed E-state index contributed by atoms with van der Waals surface area (Å²) in [6.45, 7) is 9.24. The van der Waals surface area contributed by atoms with Gasteiger partial charge in [0.2, 0.25) is 5.91 Å². The van der Waals surface area contributed by atoms with Crippen LogP contribution in [0.25, 0.3) is 17.5 Å². The highest BCUT2D eigenvalue weighted by Gasteiger charge is 2.10. The van der Waals surface area contributed by atoms with E-state index in [9.17, 15) is 4.79 Å². The zero-order chi connectivity index (χ0) is 18.3. The molecule has 5 heteroatoms. The maximum absolute atomic E-state index is 11.8. The number of amides is 1. The van der Waals surface area contributed by atoms with Crippen LogP contribution in [0.4, 0.5) is 0 Å². The molecule has 25 heavy (non-hydrogen) atoms. The van der Waals surface area contributed by atoms with Crippen LogP contribution in [-0.4, -0.2) is 22.6 Å². The van der Waals surface area contributed by atoms with Gasteiger partial charge in [0.25, 0.3) is 5.89 Å². The molecule has 2 rings (SSSR count). The number of benzene rings is 1. The van der Waals surface area contributed by atoms with Gasteiger partial charge in [-0.2, -0.15) is 4.98 Å². The summed E-state index contributed by atoms with van der Waals surface area (Å²) < 4.78 is 5.27. The molecule has 1 amide bonds. The minimum absolute atomic E-state index is 0.0746. The number of carbonyl (C=O) groups excluding carboxylic acids is 1. The number of rotatable bonds is 7. The third-order valence-electron chi connectivity index (χ3n) is 3.70. The topological polar surface area (TPSA) is 68.0 Å². The summed E-state index contributed by atoms with van der Waals surface area (Å²) in [5.74, 6) is 1.18. The van der Waals surface area contributed by atoms with Gasteiger partial charge in [0, 0.05) is 24.6 Å². The molecular formula is C20H27N3O2. The van der Waals surface area contributed by atoms with Crippen LogP contribution in [0.2, 0.25) is 0 Å². The fourth-order valence-electron chi connectivity index (χ4n) is 2.22. The van der Waals surface area contributed by atoms with Crippen LogP contribution in [0.1, 0.15) is 51.9 Å². The molecular weight excluding hydrogens is 314 g/mol. The fourth-order valence-corrected chi connectivity index (χ4v) is 2.22. The third-order valence-corrected chi connectivity index (χ3v) is 3.70. The maximum atomic E-state index is 11.8. The van der Waals surface area contributed by atoms with Gasteiger partial charge in [-0.25, -0.2) is 0 Å². The molecule has 1 heterocycles. The Balaban J connectivity index is 1.89. The smallest absolute Gasteiger partial charge is 0.257 e. The molecule has 0 aliphatic rings. The Hall–Kier alpha value is -2.43. The number of aryl methyl sites for hydroxylation is 1. The second kappa shape index (κ2) is 8.60. The first kappa shape index (κ1) is 18.9. The van der Waals surface area contributed by atoms with Gasteiger partial charge in [0.15, 0.2) is 5.82 Å². The highest BCUT2D eigenvalue weighted by atomic mass is 16.5. The molecule has 0 radical (unpaired) electrons. The molecule has 0 fully saturated rings. The van der Waals surface area contributed by atoms with Crippen molar-refractivity contribution in [3.05, 3.63) is 41.7 Å². The first-order chi connectivity index (χ1) is 11.9. The molecule has 1 aromatic carbocycles. The number of carbonyl (C=O) groups is 1. The Morgan fingerprint density at radius 3 is 2.60 bits per heavy atom. The molecule has 0 aliphatic heterocycles. The summed E-state index contributed by atoms with van der Waals surface area (Å²) in [4.78, 5) is 16.2. The van der Waals surface area contributed by atoms with E-state index in [0.29, 0.717) is 12.4 Å². The molecule has 0 atom stereocenters. The standard InChI is InChI=1S/C20H27N3O2/c1-5-6-17-22-19(25-23-17)16-10-7-15(8-11-16)9-12-18(24)21-14-13-20(2,3)4/h7-12H,5-6,13-14H2,1-4H3,(H,21,24)/b12-9+. The van der Waals surface area contributed by atoms with Gasteiger partial charge in [-0.05, 0) is 42.0 Å². The Morgan fingerprint density at radius 2 is 1.96 bits per heavy atom. The van der Waals surface area contributed by atoms with Crippen molar-refractivity contribution in [2.75, 3.05) is 6.54 Å². The molecule has 0 spiro atoms. The summed E-state index contributed by atoms with van der Waals surface area (Å²) >= 11 is 0. The minimum atomic E-state index is -0.0746. The zero-order valence-electron chi connectivity index (χ0n) is 15.5. The van der Waals surface area contributed by atoms with Gasteiger partial charge in [0.05, 0.1) is 0 Å². The van der Waals surface area contributed by atoms with E-state index < -0.39 is 0 Å². The number of hydrogen-bond acceptors (Lipinski definition) is 4. The predicted octanol–water partition coefficient (Wildman–Crippen LogP) is 4.25. The van der Waals surface area contributed by atoms with E-state index in [1.807, 2.05) is 24.3 Å². The van der Waals surface area contributed by atoms with Gasteiger partial charge in [-0.3, -0.25) is 4.79 Å². The second-order valence-corrected chi connectivity index (χ2v) is 7.32. The highest BCUT2D eigenvalue weighted by Crippen LogP contribution is 2.19. The normalized spacial score (nSPS) is 11.8. The van der Waals surface area contributed by atoms with Gasteiger partial charge in [-0.15, -0.1) is 0 Å². The van der Waals surface area contributed by atoms with E-state index in [1.54, 1.807) is 12.2 Å². The lowest BCUT2D eigenvalue weighted by Crippen LogP contribution is -2.25. The lowest BCUT2D eigenvalue weighted by Gasteiger charge is -2.17. The molecule has 1 N–H and O–H groups in total. The van der Waals surface area contributed by atoms with Gasteiger partial charge in [0.1, 0.15) is 0 Å². The van der Waals surface area contributed by atoms with Crippen molar-refractivity contribution in [3.8, 4) is 11.5 Å². The highest BCUT2D eigenvalue weighted by molar-refractivity contribution is 5.91. The van der Waals surface area contributed by atoms with Crippen molar-refractivity contribution in [1.82, 2.24) is 15.5 Å². The van der Waals surface area contributed by atoms with Gasteiger partial charge in [-0.1, -0.05) is 45.0 Å². The SMILES string of the molecule is CCCc1noc(-c2ccc(/C=C/C(=O)NCCC(C)(C)C)cc2)n1. The van der Waals surface area contributed by atoms with Crippen LogP contribution < -0.4 is 5.32 Å². The maximum Gasteiger partial charge on any atom is 0.257 e. The first-order valence-electron chi connectivity index (χ1n) is 8.76. The quantitative estimate of drug-likeness (QED) is 0.764. The van der Waals surface area contributed by atoms with E-state index in [0.717, 1.165) is 36.2 Å². The Labute approximate surface area is 149 Å². The zero-order valence-corrected chi connectivity index (χ0v) is 15.5. The molecule has 0 aliphatic carbocycles. The summed E-state index contributed by atoms with van der Waals surface area (Å²) in [6.07, 6.45) is 6.11. The lowest BCUT2D eigenvalue weighted by atomic mass is 9.92. The summed E-state index contributed by atoms with van der Waals surface area (Å²) in [6, 6.07) is 7.69. The molecule has 2 aromatic rings. The van der Waals surface area contributed by atoms with E-state index in [4.69, 9.17) is 4.52 Å².